The molecule has 5 rings (SSSR count). The van der Waals surface area contributed by atoms with E-state index in [4.69, 9.17) is 23.7 Å². The zero-order valence-corrected chi connectivity index (χ0v) is 22.7. The first-order valence-electron chi connectivity index (χ1n) is 12.0. The minimum atomic E-state index is -0.292. The van der Waals surface area contributed by atoms with Crippen molar-refractivity contribution in [3.05, 3.63) is 77.0 Å². The topological polar surface area (TPSA) is 95.9 Å². The summed E-state index contributed by atoms with van der Waals surface area (Å²) in [5, 5.41) is 0.400. The van der Waals surface area contributed by atoms with Gasteiger partial charge in [0.2, 0.25) is 12.5 Å². The van der Waals surface area contributed by atoms with Crippen LogP contribution in [0.2, 0.25) is 0 Å². The number of ether oxygens (including phenoxy) is 5. The van der Waals surface area contributed by atoms with Crippen LogP contribution in [-0.4, -0.2) is 50.7 Å². The van der Waals surface area contributed by atoms with E-state index < -0.39 is 0 Å². The highest BCUT2D eigenvalue weighted by atomic mass is 32.2. The molecule has 9 nitrogen and oxygen atoms in total. The second-order valence-corrected chi connectivity index (χ2v) is 9.58. The number of hydrogen-bond acceptors (Lipinski definition) is 9. The van der Waals surface area contributed by atoms with Crippen molar-refractivity contribution in [3.63, 3.8) is 0 Å². The predicted octanol–water partition coefficient (Wildman–Crippen LogP) is 5.11. The van der Waals surface area contributed by atoms with Gasteiger partial charge in [-0.2, -0.15) is 0 Å². The summed E-state index contributed by atoms with van der Waals surface area (Å²) >= 11 is 1.18. The molecule has 2 heterocycles. The molecule has 0 saturated carbocycles. The van der Waals surface area contributed by atoms with Gasteiger partial charge in [0.05, 0.1) is 32.8 Å². The molecule has 0 atom stereocenters. The quantitative estimate of drug-likeness (QED) is 0.284. The number of Topliss-reactive ketones (excluding diaryl/α,β-unsaturated/α-hetero) is 1. The van der Waals surface area contributed by atoms with Crippen LogP contribution in [0.15, 0.2) is 65.3 Å². The number of thioether (sulfide) groups is 1. The minimum absolute atomic E-state index is 0.0322. The van der Waals surface area contributed by atoms with Crippen LogP contribution in [0.25, 0.3) is 6.08 Å². The van der Waals surface area contributed by atoms with Gasteiger partial charge in [-0.15, -0.1) is 0 Å². The molecule has 2 aliphatic heterocycles. The highest BCUT2D eigenvalue weighted by molar-refractivity contribution is 8.14. The summed E-state index contributed by atoms with van der Waals surface area (Å²) < 4.78 is 26.9. The van der Waals surface area contributed by atoms with E-state index in [0.717, 1.165) is 11.1 Å². The maximum Gasteiger partial charge on any atom is 0.283 e. The molecule has 10 heteroatoms. The smallest absolute Gasteiger partial charge is 0.283 e. The number of ketones is 1. The standard InChI is InChI=1S/C29H26N2O7S/c1-17-5-8-20(9-6-17)31-28(33)21(11-18-7-10-23-24(12-18)38-16-37-23)30-29(31)39-15-22(32)19-13-25(34-2)27(36-4)26(14-19)35-3/h5-14H,15-16H2,1-4H3/b21-11-. The number of carbonyl (C=O) groups excluding carboxylic acids is 2. The Balaban J connectivity index is 1.44. The van der Waals surface area contributed by atoms with Crippen LogP contribution in [-0.2, 0) is 4.79 Å². The monoisotopic (exact) mass is 546 g/mol. The van der Waals surface area contributed by atoms with Crippen molar-refractivity contribution < 1.29 is 33.3 Å². The second-order valence-electron chi connectivity index (χ2n) is 8.64. The van der Waals surface area contributed by atoms with Gasteiger partial charge in [-0.1, -0.05) is 35.5 Å². The molecule has 0 N–H and O–H groups in total. The zero-order chi connectivity index (χ0) is 27.5. The van der Waals surface area contributed by atoms with Gasteiger partial charge >= 0.3 is 0 Å². The lowest BCUT2D eigenvalue weighted by Gasteiger charge is -2.18. The van der Waals surface area contributed by atoms with Gasteiger partial charge in [0.1, 0.15) is 5.70 Å². The summed E-state index contributed by atoms with van der Waals surface area (Å²) in [6.07, 6.45) is 1.69. The Hall–Kier alpha value is -4.44. The Morgan fingerprint density at radius 1 is 0.974 bits per heavy atom. The van der Waals surface area contributed by atoms with Crippen molar-refractivity contribution in [2.75, 3.05) is 38.8 Å². The molecule has 3 aromatic carbocycles. The molecule has 0 fully saturated rings. The molecular formula is C29H26N2O7S. The maximum atomic E-state index is 13.5. The summed E-state index contributed by atoms with van der Waals surface area (Å²) in [4.78, 5) is 32.9. The third-order valence-electron chi connectivity index (χ3n) is 6.14. The summed E-state index contributed by atoms with van der Waals surface area (Å²) in [5.74, 6) is 1.98. The molecule has 0 spiro atoms. The summed E-state index contributed by atoms with van der Waals surface area (Å²) in [5.41, 5.74) is 3.10. The van der Waals surface area contributed by atoms with E-state index in [0.29, 0.717) is 45.2 Å². The van der Waals surface area contributed by atoms with Crippen LogP contribution in [0.4, 0.5) is 5.69 Å². The number of aliphatic imine (C=N–C) groups is 1. The van der Waals surface area contributed by atoms with Gasteiger partial charge in [-0.3, -0.25) is 14.5 Å². The summed E-state index contributed by atoms with van der Waals surface area (Å²) in [6, 6.07) is 16.2. The van der Waals surface area contributed by atoms with E-state index in [2.05, 4.69) is 4.99 Å². The molecule has 0 aromatic heterocycles. The molecule has 0 aliphatic carbocycles. The van der Waals surface area contributed by atoms with Gasteiger partial charge in [0, 0.05) is 5.56 Å². The lowest BCUT2D eigenvalue weighted by atomic mass is 10.1. The number of anilines is 1. The lowest BCUT2D eigenvalue weighted by molar-refractivity contribution is -0.113. The average Bonchev–Trinajstić information content (AvgIpc) is 3.55. The van der Waals surface area contributed by atoms with E-state index >= 15 is 0 Å². The third-order valence-corrected chi connectivity index (χ3v) is 7.08. The number of nitrogens with zero attached hydrogens (tertiary/aromatic N) is 2. The Morgan fingerprint density at radius 2 is 1.67 bits per heavy atom. The number of amides is 1. The van der Waals surface area contributed by atoms with E-state index in [1.165, 1.54) is 38.0 Å². The first kappa shape index (κ1) is 26.2. The van der Waals surface area contributed by atoms with Crippen LogP contribution < -0.4 is 28.6 Å². The van der Waals surface area contributed by atoms with Gasteiger partial charge in [0.25, 0.3) is 5.91 Å². The van der Waals surface area contributed by atoms with Crippen molar-refractivity contribution in [3.8, 4) is 28.7 Å². The van der Waals surface area contributed by atoms with Crippen LogP contribution >= 0.6 is 11.8 Å². The van der Waals surface area contributed by atoms with Gasteiger partial charge in [-0.05, 0) is 55.0 Å². The molecule has 0 bridgehead atoms. The van der Waals surface area contributed by atoms with Gasteiger partial charge < -0.3 is 23.7 Å². The average molecular weight is 547 g/mol. The van der Waals surface area contributed by atoms with Crippen molar-refractivity contribution >= 4 is 40.4 Å². The Kier molecular flexibility index (Phi) is 7.47. The number of carbonyl (C=O) groups is 2. The molecular weight excluding hydrogens is 520 g/mol. The van der Waals surface area contributed by atoms with E-state index in [1.54, 1.807) is 30.3 Å². The number of amidine groups is 1. The number of benzene rings is 3. The Labute approximate surface area is 230 Å². The molecule has 0 radical (unpaired) electrons. The van der Waals surface area contributed by atoms with Crippen molar-refractivity contribution in [1.29, 1.82) is 0 Å². The Morgan fingerprint density at radius 3 is 2.33 bits per heavy atom. The Bertz CT molecular complexity index is 1470. The van der Waals surface area contributed by atoms with Crippen LogP contribution in [0.1, 0.15) is 21.5 Å². The minimum Gasteiger partial charge on any atom is -0.493 e. The molecule has 200 valence electrons. The SMILES string of the molecule is COc1cc(C(=O)CSC2=N/C(=C\c3ccc4c(c3)OCO4)C(=O)N2c2ccc(C)cc2)cc(OC)c1OC. The third kappa shape index (κ3) is 5.28. The maximum absolute atomic E-state index is 13.5. The highest BCUT2D eigenvalue weighted by Gasteiger charge is 2.33. The number of hydrogen-bond donors (Lipinski definition) is 0. The normalized spacial score (nSPS) is 15.0. The number of rotatable bonds is 8. The molecule has 39 heavy (non-hydrogen) atoms. The van der Waals surface area contributed by atoms with Crippen molar-refractivity contribution in [2.24, 2.45) is 4.99 Å². The van der Waals surface area contributed by atoms with Crippen molar-refractivity contribution in [1.82, 2.24) is 0 Å². The first-order valence-corrected chi connectivity index (χ1v) is 13.0. The molecule has 0 unspecified atom stereocenters. The number of methoxy groups -OCH3 is 3. The van der Waals surface area contributed by atoms with Crippen LogP contribution in [0.5, 0.6) is 28.7 Å². The van der Waals surface area contributed by atoms with E-state index in [-0.39, 0.29) is 29.9 Å². The number of aryl methyl sites for hydroxylation is 1. The predicted molar refractivity (Wildman–Crippen MR) is 150 cm³/mol. The molecule has 3 aromatic rings. The van der Waals surface area contributed by atoms with E-state index in [9.17, 15) is 9.59 Å². The fraction of sp³-hybridized carbons (Fsp3) is 0.207. The molecule has 0 saturated heterocycles. The van der Waals surface area contributed by atoms with Crippen LogP contribution in [0, 0.1) is 6.92 Å². The fourth-order valence-electron chi connectivity index (χ4n) is 4.13. The fourth-order valence-corrected chi connectivity index (χ4v) is 5.04. The molecule has 1 amide bonds. The summed E-state index contributed by atoms with van der Waals surface area (Å²) in [6.45, 7) is 2.13. The zero-order valence-electron chi connectivity index (χ0n) is 21.8. The first-order chi connectivity index (χ1) is 18.9. The second kappa shape index (κ2) is 11.1. The lowest BCUT2D eigenvalue weighted by Crippen LogP contribution is -2.30. The van der Waals surface area contributed by atoms with Crippen molar-refractivity contribution in [2.45, 2.75) is 6.92 Å². The van der Waals surface area contributed by atoms with Gasteiger partial charge in [0.15, 0.2) is 33.9 Å². The van der Waals surface area contributed by atoms with Gasteiger partial charge in [-0.25, -0.2) is 4.99 Å². The van der Waals surface area contributed by atoms with Crippen LogP contribution in [0.3, 0.4) is 0 Å². The largest absolute Gasteiger partial charge is 0.493 e. The highest BCUT2D eigenvalue weighted by Crippen LogP contribution is 2.39. The summed E-state index contributed by atoms with van der Waals surface area (Å²) in [7, 11) is 4.49. The number of fused-ring (bicyclic) bond motifs is 1. The van der Waals surface area contributed by atoms with E-state index in [1.807, 2.05) is 37.3 Å². The molecule has 2 aliphatic rings.